The predicted molar refractivity (Wildman–Crippen MR) is 87.3 cm³/mol. The molecule has 22 heavy (non-hydrogen) atoms. The summed E-state index contributed by atoms with van der Waals surface area (Å²) in [6.07, 6.45) is 2.60. The van der Waals surface area contributed by atoms with Crippen molar-refractivity contribution in [1.82, 2.24) is 10.4 Å². The molecule has 1 aromatic heterocycles. The van der Waals surface area contributed by atoms with E-state index < -0.39 is 0 Å². The number of aromatic amines is 1. The normalized spacial score (nSPS) is 10.9. The van der Waals surface area contributed by atoms with E-state index in [1.54, 1.807) is 6.21 Å². The quantitative estimate of drug-likeness (QED) is 0.636. The highest BCUT2D eigenvalue weighted by Crippen LogP contribution is 2.12. The number of hydrazone groups is 1. The average molecular weight is 299 g/mol. The third-order valence-corrected chi connectivity index (χ3v) is 3.28. The number of ether oxygens (including phenoxy) is 1. The number of nitrogens with one attached hydrogen (secondary N) is 2. The van der Waals surface area contributed by atoms with Gasteiger partial charge in [0.25, 0.3) is 5.91 Å². The summed E-state index contributed by atoms with van der Waals surface area (Å²) in [5, 5.41) is 3.93. The first-order valence-electron chi connectivity index (χ1n) is 7.28. The number of rotatable bonds is 6. The number of hydrogen-bond acceptors (Lipinski definition) is 3. The Balaban J connectivity index is 1.79. The number of hydrogen-bond donors (Lipinski definition) is 2. The molecule has 0 saturated carbocycles. The molecule has 5 heteroatoms. The van der Waals surface area contributed by atoms with Gasteiger partial charge >= 0.3 is 0 Å². The first kappa shape index (κ1) is 15.8. The zero-order valence-corrected chi connectivity index (χ0v) is 13.1. The molecule has 0 aliphatic rings. The Morgan fingerprint density at radius 3 is 2.64 bits per heavy atom. The van der Waals surface area contributed by atoms with Gasteiger partial charge in [-0.3, -0.25) is 4.79 Å². The van der Waals surface area contributed by atoms with Crippen LogP contribution in [0.1, 0.15) is 29.4 Å². The highest BCUT2D eigenvalue weighted by molar-refractivity contribution is 5.84. The van der Waals surface area contributed by atoms with E-state index in [-0.39, 0.29) is 12.5 Å². The molecule has 1 aromatic carbocycles. The molecule has 0 bridgehead atoms. The molecule has 1 amide bonds. The first-order chi connectivity index (χ1) is 10.6. The number of benzene rings is 1. The Hall–Kier alpha value is -2.56. The maximum absolute atomic E-state index is 11.7. The fourth-order valence-corrected chi connectivity index (χ4v) is 2.06. The van der Waals surface area contributed by atoms with Gasteiger partial charge in [-0.15, -0.1) is 0 Å². The van der Waals surface area contributed by atoms with Gasteiger partial charge in [-0.25, -0.2) is 5.43 Å². The summed E-state index contributed by atoms with van der Waals surface area (Å²) < 4.78 is 5.41. The van der Waals surface area contributed by atoms with Crippen molar-refractivity contribution in [2.45, 2.75) is 27.2 Å². The lowest BCUT2D eigenvalue weighted by Gasteiger charge is -2.05. The summed E-state index contributed by atoms with van der Waals surface area (Å²) in [7, 11) is 0. The Morgan fingerprint density at radius 1 is 1.32 bits per heavy atom. The minimum absolute atomic E-state index is 0.0615. The molecule has 2 aromatic rings. The van der Waals surface area contributed by atoms with Crippen LogP contribution < -0.4 is 10.2 Å². The average Bonchev–Trinajstić information content (AvgIpc) is 2.83. The summed E-state index contributed by atoms with van der Waals surface area (Å²) in [5.41, 5.74) is 6.72. The van der Waals surface area contributed by atoms with Gasteiger partial charge in [0, 0.05) is 17.0 Å². The summed E-state index contributed by atoms with van der Waals surface area (Å²) >= 11 is 0. The molecule has 0 atom stereocenters. The Bertz CT molecular complexity index is 657. The molecule has 0 aliphatic carbocycles. The summed E-state index contributed by atoms with van der Waals surface area (Å²) in [6, 6.07) is 9.67. The zero-order chi connectivity index (χ0) is 15.9. The summed E-state index contributed by atoms with van der Waals surface area (Å²) in [6.45, 7) is 5.96. The predicted octanol–water partition coefficient (Wildman–Crippen LogP) is 2.72. The smallest absolute Gasteiger partial charge is 0.277 e. The minimum atomic E-state index is -0.291. The largest absolute Gasteiger partial charge is 0.484 e. The van der Waals surface area contributed by atoms with Gasteiger partial charge in [0.1, 0.15) is 5.75 Å². The number of aromatic nitrogens is 1. The SMILES string of the molecule is CCc1ccc(OCC(=O)N/N=C/c2cc(C)[nH]c2C)cc1. The van der Waals surface area contributed by atoms with Crippen LogP contribution in [-0.4, -0.2) is 23.7 Å². The third-order valence-electron chi connectivity index (χ3n) is 3.28. The van der Waals surface area contributed by atoms with Gasteiger partial charge in [0.05, 0.1) is 6.21 Å². The number of nitrogens with zero attached hydrogens (tertiary/aromatic N) is 1. The highest BCUT2D eigenvalue weighted by atomic mass is 16.5. The molecule has 1 heterocycles. The lowest BCUT2D eigenvalue weighted by molar-refractivity contribution is -0.123. The lowest BCUT2D eigenvalue weighted by atomic mass is 10.2. The number of amides is 1. The van der Waals surface area contributed by atoms with Crippen molar-refractivity contribution in [3.05, 3.63) is 52.8 Å². The van der Waals surface area contributed by atoms with E-state index >= 15 is 0 Å². The van der Waals surface area contributed by atoms with E-state index in [1.165, 1.54) is 5.56 Å². The van der Waals surface area contributed by atoms with Gasteiger partial charge in [0.15, 0.2) is 6.61 Å². The molecule has 0 aliphatic heterocycles. The third kappa shape index (κ3) is 4.48. The van der Waals surface area contributed by atoms with Gasteiger partial charge in [-0.2, -0.15) is 5.10 Å². The zero-order valence-electron chi connectivity index (χ0n) is 13.1. The van der Waals surface area contributed by atoms with Crippen molar-refractivity contribution in [2.75, 3.05) is 6.61 Å². The van der Waals surface area contributed by atoms with E-state index in [2.05, 4.69) is 22.4 Å². The van der Waals surface area contributed by atoms with E-state index in [4.69, 9.17) is 4.74 Å². The number of carbonyl (C=O) groups is 1. The molecule has 0 saturated heterocycles. The van der Waals surface area contributed by atoms with E-state index in [1.807, 2.05) is 44.2 Å². The maximum Gasteiger partial charge on any atom is 0.277 e. The molecule has 0 unspecified atom stereocenters. The standard InChI is InChI=1S/C17H21N3O2/c1-4-14-5-7-16(8-6-14)22-11-17(21)20-18-10-15-9-12(2)19-13(15)3/h5-10,19H,4,11H2,1-3H3,(H,20,21)/b18-10+. The molecule has 0 spiro atoms. The minimum Gasteiger partial charge on any atom is -0.484 e. The molecular formula is C17H21N3O2. The second-order valence-corrected chi connectivity index (χ2v) is 5.11. The fraction of sp³-hybridized carbons (Fsp3) is 0.294. The maximum atomic E-state index is 11.7. The number of H-pyrrole nitrogens is 1. The fourth-order valence-electron chi connectivity index (χ4n) is 2.06. The van der Waals surface area contributed by atoms with E-state index in [0.29, 0.717) is 5.75 Å². The van der Waals surface area contributed by atoms with Crippen LogP contribution >= 0.6 is 0 Å². The molecule has 5 nitrogen and oxygen atoms in total. The van der Waals surface area contributed by atoms with Crippen LogP contribution in [0, 0.1) is 13.8 Å². The first-order valence-corrected chi connectivity index (χ1v) is 7.28. The number of aryl methyl sites for hydroxylation is 3. The van der Waals surface area contributed by atoms with Crippen LogP contribution in [0.5, 0.6) is 5.75 Å². The van der Waals surface area contributed by atoms with Crippen molar-refractivity contribution in [3.63, 3.8) is 0 Å². The van der Waals surface area contributed by atoms with Gasteiger partial charge in [-0.1, -0.05) is 19.1 Å². The monoisotopic (exact) mass is 299 g/mol. The Kier molecular flexibility index (Phi) is 5.36. The van der Waals surface area contributed by atoms with E-state index in [0.717, 1.165) is 23.4 Å². The van der Waals surface area contributed by atoms with Gasteiger partial charge in [0.2, 0.25) is 0 Å². The Labute approximate surface area is 130 Å². The van der Waals surface area contributed by atoms with Gasteiger partial charge in [-0.05, 0) is 44.0 Å². The van der Waals surface area contributed by atoms with Crippen LogP contribution in [0.4, 0.5) is 0 Å². The summed E-state index contributed by atoms with van der Waals surface area (Å²) in [4.78, 5) is 14.8. The molecular weight excluding hydrogens is 278 g/mol. The molecule has 0 radical (unpaired) electrons. The lowest BCUT2D eigenvalue weighted by Crippen LogP contribution is -2.24. The van der Waals surface area contributed by atoms with Crippen molar-refractivity contribution in [2.24, 2.45) is 5.10 Å². The van der Waals surface area contributed by atoms with Crippen LogP contribution in [0.15, 0.2) is 35.4 Å². The van der Waals surface area contributed by atoms with E-state index in [9.17, 15) is 4.79 Å². The second-order valence-electron chi connectivity index (χ2n) is 5.11. The van der Waals surface area contributed by atoms with Crippen molar-refractivity contribution in [1.29, 1.82) is 0 Å². The number of carbonyl (C=O) groups excluding carboxylic acids is 1. The second kappa shape index (κ2) is 7.45. The van der Waals surface area contributed by atoms with Crippen molar-refractivity contribution < 1.29 is 9.53 Å². The molecule has 0 fully saturated rings. The highest BCUT2D eigenvalue weighted by Gasteiger charge is 2.02. The van der Waals surface area contributed by atoms with Crippen molar-refractivity contribution in [3.8, 4) is 5.75 Å². The van der Waals surface area contributed by atoms with Crippen LogP contribution in [0.25, 0.3) is 0 Å². The summed E-state index contributed by atoms with van der Waals surface area (Å²) in [5.74, 6) is 0.383. The van der Waals surface area contributed by atoms with Crippen LogP contribution in [0.3, 0.4) is 0 Å². The Morgan fingerprint density at radius 2 is 2.05 bits per heavy atom. The van der Waals surface area contributed by atoms with Crippen molar-refractivity contribution >= 4 is 12.1 Å². The van der Waals surface area contributed by atoms with Crippen LogP contribution in [0.2, 0.25) is 0 Å². The van der Waals surface area contributed by atoms with Crippen LogP contribution in [-0.2, 0) is 11.2 Å². The molecule has 116 valence electrons. The van der Waals surface area contributed by atoms with Gasteiger partial charge < -0.3 is 9.72 Å². The molecule has 2 rings (SSSR count). The molecule has 2 N–H and O–H groups in total. The topological polar surface area (TPSA) is 66.5 Å².